The van der Waals surface area contributed by atoms with E-state index in [1.807, 2.05) is 30.3 Å². The number of nitrogens with zero attached hydrogens (tertiary/aromatic N) is 1. The molecule has 0 saturated carbocycles. The zero-order chi connectivity index (χ0) is 27.5. The molecular formula is C29H34FN3O4S. The Hall–Kier alpha value is -3.56. The Balaban J connectivity index is 1.66. The van der Waals surface area contributed by atoms with E-state index in [9.17, 15) is 22.4 Å². The van der Waals surface area contributed by atoms with E-state index in [2.05, 4.69) is 10.0 Å². The van der Waals surface area contributed by atoms with Crippen LogP contribution in [0.3, 0.4) is 0 Å². The molecule has 0 radical (unpaired) electrons. The lowest BCUT2D eigenvalue weighted by atomic mass is 10.1. The summed E-state index contributed by atoms with van der Waals surface area (Å²) in [5.74, 6) is -0.878. The van der Waals surface area contributed by atoms with E-state index < -0.39 is 16.1 Å². The molecule has 0 fully saturated rings. The van der Waals surface area contributed by atoms with Gasteiger partial charge < -0.3 is 10.2 Å². The summed E-state index contributed by atoms with van der Waals surface area (Å²) in [5, 5.41) is 2.91. The first-order chi connectivity index (χ1) is 18.2. The van der Waals surface area contributed by atoms with Crippen LogP contribution in [0.2, 0.25) is 0 Å². The molecule has 0 aliphatic rings. The summed E-state index contributed by atoms with van der Waals surface area (Å²) < 4.78 is 40.2. The van der Waals surface area contributed by atoms with Crippen LogP contribution in [0.4, 0.5) is 4.39 Å². The zero-order valence-electron chi connectivity index (χ0n) is 21.7. The Morgan fingerprint density at radius 3 is 2.11 bits per heavy atom. The molecule has 0 aromatic heterocycles. The average molecular weight is 540 g/mol. The van der Waals surface area contributed by atoms with Crippen LogP contribution in [0.5, 0.6) is 0 Å². The number of carbonyl (C=O) groups excluding carboxylic acids is 2. The second-order valence-corrected chi connectivity index (χ2v) is 10.8. The lowest BCUT2D eigenvalue weighted by molar-refractivity contribution is -0.140. The molecule has 1 atom stereocenters. The van der Waals surface area contributed by atoms with Crippen molar-refractivity contribution in [1.82, 2.24) is 14.9 Å². The van der Waals surface area contributed by atoms with Crippen LogP contribution in [-0.2, 0) is 39.0 Å². The number of hydrogen-bond donors (Lipinski definition) is 2. The molecule has 1 unspecified atom stereocenters. The summed E-state index contributed by atoms with van der Waals surface area (Å²) in [7, 11) is -3.55. The minimum atomic E-state index is -3.55. The monoisotopic (exact) mass is 539 g/mol. The molecule has 3 aromatic carbocycles. The summed E-state index contributed by atoms with van der Waals surface area (Å²) in [4.78, 5) is 27.9. The summed E-state index contributed by atoms with van der Waals surface area (Å²) >= 11 is 0. The Kier molecular flexibility index (Phi) is 10.6. The molecule has 3 aromatic rings. The van der Waals surface area contributed by atoms with Crippen molar-refractivity contribution in [2.24, 2.45) is 0 Å². The smallest absolute Gasteiger partial charge is 0.242 e. The molecule has 0 bridgehead atoms. The predicted molar refractivity (Wildman–Crippen MR) is 145 cm³/mol. The Labute approximate surface area is 224 Å². The van der Waals surface area contributed by atoms with Crippen molar-refractivity contribution in [1.29, 1.82) is 0 Å². The number of sulfonamides is 1. The molecule has 2 N–H and O–H groups in total. The van der Waals surface area contributed by atoms with Gasteiger partial charge in [-0.3, -0.25) is 9.59 Å². The van der Waals surface area contributed by atoms with Gasteiger partial charge in [0.1, 0.15) is 11.9 Å². The molecule has 9 heteroatoms. The van der Waals surface area contributed by atoms with Crippen molar-refractivity contribution in [2.75, 3.05) is 13.1 Å². The van der Waals surface area contributed by atoms with Gasteiger partial charge in [0.05, 0.1) is 4.90 Å². The topological polar surface area (TPSA) is 95.6 Å². The van der Waals surface area contributed by atoms with Gasteiger partial charge >= 0.3 is 0 Å². The third-order valence-electron chi connectivity index (χ3n) is 6.18. The van der Waals surface area contributed by atoms with Crippen molar-refractivity contribution in [3.05, 3.63) is 101 Å². The molecule has 202 valence electrons. The fourth-order valence-electron chi connectivity index (χ4n) is 4.00. The second kappa shape index (κ2) is 13.8. The number of rotatable bonds is 13. The zero-order valence-corrected chi connectivity index (χ0v) is 22.5. The minimum absolute atomic E-state index is 0.127. The minimum Gasteiger partial charge on any atom is -0.354 e. The number of amides is 2. The molecule has 0 spiro atoms. The Morgan fingerprint density at radius 1 is 0.868 bits per heavy atom. The number of aryl methyl sites for hydroxylation is 1. The van der Waals surface area contributed by atoms with Crippen molar-refractivity contribution in [3.63, 3.8) is 0 Å². The maximum atomic E-state index is 13.4. The molecule has 0 saturated heterocycles. The van der Waals surface area contributed by atoms with E-state index in [0.29, 0.717) is 31.5 Å². The standard InChI is InChI=1S/C29H34FN3O4S/c1-3-32-38(36,37)27-16-11-24(12-17-27)13-18-28(34)33(21-25-9-14-26(30)15-10-25)22(2)29(35)31-20-19-23-7-5-4-6-8-23/h4-12,14-17,22,32H,3,13,18-21H2,1-2H3,(H,31,35). The van der Waals surface area contributed by atoms with E-state index in [0.717, 1.165) is 11.1 Å². The molecule has 0 aliphatic carbocycles. The summed E-state index contributed by atoms with van der Waals surface area (Å²) in [5.41, 5.74) is 2.61. The van der Waals surface area contributed by atoms with E-state index in [1.54, 1.807) is 38.1 Å². The van der Waals surface area contributed by atoms with Gasteiger partial charge in [-0.2, -0.15) is 0 Å². The quantitative estimate of drug-likeness (QED) is 0.345. The van der Waals surface area contributed by atoms with Gasteiger partial charge in [-0.1, -0.05) is 61.5 Å². The normalized spacial score (nSPS) is 12.1. The van der Waals surface area contributed by atoms with E-state index in [1.165, 1.54) is 29.2 Å². The Morgan fingerprint density at radius 2 is 1.47 bits per heavy atom. The van der Waals surface area contributed by atoms with Gasteiger partial charge in [0, 0.05) is 26.1 Å². The van der Waals surface area contributed by atoms with Crippen LogP contribution >= 0.6 is 0 Å². The van der Waals surface area contributed by atoms with E-state index >= 15 is 0 Å². The van der Waals surface area contributed by atoms with E-state index in [-0.39, 0.29) is 35.5 Å². The average Bonchev–Trinajstić information content (AvgIpc) is 2.91. The van der Waals surface area contributed by atoms with Crippen LogP contribution in [0, 0.1) is 5.82 Å². The number of nitrogens with one attached hydrogen (secondary N) is 2. The number of benzene rings is 3. The lowest BCUT2D eigenvalue weighted by Crippen LogP contribution is -2.48. The highest BCUT2D eigenvalue weighted by Crippen LogP contribution is 2.16. The SMILES string of the molecule is CCNS(=O)(=O)c1ccc(CCC(=O)N(Cc2ccc(F)cc2)C(C)C(=O)NCCc2ccccc2)cc1. The number of hydrogen-bond acceptors (Lipinski definition) is 4. The molecule has 3 rings (SSSR count). The first-order valence-electron chi connectivity index (χ1n) is 12.6. The van der Waals surface area contributed by atoms with Crippen LogP contribution in [0.25, 0.3) is 0 Å². The van der Waals surface area contributed by atoms with Gasteiger partial charge in [0.25, 0.3) is 0 Å². The van der Waals surface area contributed by atoms with Gasteiger partial charge in [-0.25, -0.2) is 17.5 Å². The Bertz CT molecular complexity index is 1300. The first kappa shape index (κ1) is 29.0. The highest BCUT2D eigenvalue weighted by Gasteiger charge is 2.26. The third-order valence-corrected chi connectivity index (χ3v) is 7.75. The van der Waals surface area contributed by atoms with Gasteiger partial charge in [-0.15, -0.1) is 0 Å². The number of halogens is 1. The van der Waals surface area contributed by atoms with Gasteiger partial charge in [0.15, 0.2) is 0 Å². The van der Waals surface area contributed by atoms with Crippen molar-refractivity contribution in [2.45, 2.75) is 50.6 Å². The van der Waals surface area contributed by atoms with Crippen molar-refractivity contribution in [3.8, 4) is 0 Å². The summed E-state index contributed by atoms with van der Waals surface area (Å²) in [6.07, 6.45) is 1.18. The summed E-state index contributed by atoms with van der Waals surface area (Å²) in [6.45, 7) is 4.28. The molecule has 0 aliphatic heterocycles. The molecule has 2 amide bonds. The van der Waals surface area contributed by atoms with Crippen molar-refractivity contribution >= 4 is 21.8 Å². The maximum absolute atomic E-state index is 13.4. The fraction of sp³-hybridized carbons (Fsp3) is 0.310. The molecule has 7 nitrogen and oxygen atoms in total. The lowest BCUT2D eigenvalue weighted by Gasteiger charge is -2.29. The molecule has 0 heterocycles. The van der Waals surface area contributed by atoms with E-state index in [4.69, 9.17) is 0 Å². The van der Waals surface area contributed by atoms with Crippen LogP contribution in [-0.4, -0.2) is 44.3 Å². The van der Waals surface area contributed by atoms with Gasteiger partial charge in [0.2, 0.25) is 21.8 Å². The van der Waals surface area contributed by atoms with Crippen molar-refractivity contribution < 1.29 is 22.4 Å². The molecule has 38 heavy (non-hydrogen) atoms. The van der Waals surface area contributed by atoms with Gasteiger partial charge in [-0.05, 0) is 60.7 Å². The van der Waals surface area contributed by atoms with Crippen LogP contribution < -0.4 is 10.0 Å². The van der Waals surface area contributed by atoms with Crippen LogP contribution in [0.15, 0.2) is 83.8 Å². The fourth-order valence-corrected chi connectivity index (χ4v) is 5.04. The highest BCUT2D eigenvalue weighted by molar-refractivity contribution is 7.89. The second-order valence-electron chi connectivity index (χ2n) is 9.00. The first-order valence-corrected chi connectivity index (χ1v) is 14.1. The molecular weight excluding hydrogens is 505 g/mol. The highest BCUT2D eigenvalue weighted by atomic mass is 32.2. The number of carbonyl (C=O) groups is 2. The maximum Gasteiger partial charge on any atom is 0.242 e. The third kappa shape index (κ3) is 8.49. The largest absolute Gasteiger partial charge is 0.354 e. The van der Waals surface area contributed by atoms with Crippen LogP contribution in [0.1, 0.15) is 37.0 Å². The summed E-state index contributed by atoms with van der Waals surface area (Å²) in [6, 6.07) is 21.3. The predicted octanol–water partition coefficient (Wildman–Crippen LogP) is 3.83.